The van der Waals surface area contributed by atoms with E-state index in [2.05, 4.69) is 30.3 Å². The minimum absolute atomic E-state index is 0.0701. The molecule has 2 atom stereocenters. The van der Waals surface area contributed by atoms with E-state index in [4.69, 9.17) is 22.1 Å². The Bertz CT molecular complexity index is 641. The van der Waals surface area contributed by atoms with Gasteiger partial charge >= 0.3 is 0 Å². The molecule has 2 aromatic rings. The van der Waals surface area contributed by atoms with Gasteiger partial charge in [-0.1, -0.05) is 48.0 Å². The van der Waals surface area contributed by atoms with Gasteiger partial charge in [0.05, 0.1) is 12.7 Å². The third-order valence-corrected chi connectivity index (χ3v) is 4.59. The van der Waals surface area contributed by atoms with E-state index in [-0.39, 0.29) is 12.1 Å². The maximum Gasteiger partial charge on any atom is 0.0845 e. The zero-order chi connectivity index (χ0) is 14.8. The van der Waals surface area contributed by atoms with Crippen LogP contribution in [-0.4, -0.2) is 6.61 Å². The van der Waals surface area contributed by atoms with E-state index in [9.17, 15) is 0 Å². The Kier molecular flexibility index (Phi) is 4.29. The van der Waals surface area contributed by atoms with E-state index >= 15 is 0 Å². The first-order valence-electron chi connectivity index (χ1n) is 7.36. The maximum atomic E-state index is 6.36. The molecule has 3 heteroatoms. The number of hydrogen-bond donors (Lipinski definition) is 1. The quantitative estimate of drug-likeness (QED) is 0.914. The van der Waals surface area contributed by atoms with Gasteiger partial charge in [0, 0.05) is 11.1 Å². The Labute approximate surface area is 130 Å². The summed E-state index contributed by atoms with van der Waals surface area (Å²) in [5.41, 5.74) is 11.2. The molecule has 1 aliphatic rings. The predicted octanol–water partition coefficient (Wildman–Crippen LogP) is 4.35. The van der Waals surface area contributed by atoms with Gasteiger partial charge in [-0.3, -0.25) is 0 Å². The molecule has 0 saturated carbocycles. The van der Waals surface area contributed by atoms with Gasteiger partial charge in [-0.15, -0.1) is 0 Å². The summed E-state index contributed by atoms with van der Waals surface area (Å²) >= 11 is 6.19. The lowest BCUT2D eigenvalue weighted by atomic mass is 9.91. The van der Waals surface area contributed by atoms with Crippen LogP contribution in [0.15, 0.2) is 42.5 Å². The van der Waals surface area contributed by atoms with Crippen LogP contribution in [0, 0.1) is 6.92 Å². The van der Waals surface area contributed by atoms with Crippen LogP contribution in [0.4, 0.5) is 0 Å². The molecule has 2 unspecified atom stereocenters. The lowest BCUT2D eigenvalue weighted by Gasteiger charge is -2.28. The van der Waals surface area contributed by atoms with E-state index in [1.165, 1.54) is 11.1 Å². The van der Waals surface area contributed by atoms with Crippen molar-refractivity contribution in [3.05, 3.63) is 69.7 Å². The van der Waals surface area contributed by atoms with Crippen molar-refractivity contribution in [1.29, 1.82) is 0 Å². The standard InChI is InChI=1S/C18H20ClNO/c1-12-6-7-14(10-16(12)19)17(20)11-18-15-5-3-2-4-13(15)8-9-21-18/h2-7,10,17-18H,8-9,11,20H2,1H3. The molecule has 0 bridgehead atoms. The van der Waals surface area contributed by atoms with Crippen molar-refractivity contribution in [3.63, 3.8) is 0 Å². The van der Waals surface area contributed by atoms with Gasteiger partial charge in [-0.25, -0.2) is 0 Å². The van der Waals surface area contributed by atoms with Crippen molar-refractivity contribution in [2.45, 2.75) is 31.9 Å². The smallest absolute Gasteiger partial charge is 0.0845 e. The molecular weight excluding hydrogens is 282 g/mol. The molecule has 1 aliphatic heterocycles. The Hall–Kier alpha value is -1.35. The number of fused-ring (bicyclic) bond motifs is 1. The maximum absolute atomic E-state index is 6.36. The number of halogens is 1. The second-order valence-corrected chi connectivity index (χ2v) is 6.07. The fraction of sp³-hybridized carbons (Fsp3) is 0.333. The molecule has 0 radical (unpaired) electrons. The molecule has 0 spiro atoms. The summed E-state index contributed by atoms with van der Waals surface area (Å²) in [6, 6.07) is 14.5. The highest BCUT2D eigenvalue weighted by molar-refractivity contribution is 6.31. The molecule has 21 heavy (non-hydrogen) atoms. The lowest BCUT2D eigenvalue weighted by molar-refractivity contribution is 0.0320. The van der Waals surface area contributed by atoms with Crippen molar-refractivity contribution in [2.75, 3.05) is 6.61 Å². The molecule has 2 nitrogen and oxygen atoms in total. The fourth-order valence-corrected chi connectivity index (χ4v) is 3.07. The Morgan fingerprint density at radius 3 is 2.90 bits per heavy atom. The monoisotopic (exact) mass is 301 g/mol. The van der Waals surface area contributed by atoms with Gasteiger partial charge in [0.2, 0.25) is 0 Å². The molecule has 0 aromatic heterocycles. The molecule has 3 rings (SSSR count). The third kappa shape index (κ3) is 3.13. The summed E-state index contributed by atoms with van der Waals surface area (Å²) < 4.78 is 5.94. The van der Waals surface area contributed by atoms with Gasteiger partial charge < -0.3 is 10.5 Å². The molecule has 1 heterocycles. The first kappa shape index (κ1) is 14.6. The molecule has 2 aromatic carbocycles. The van der Waals surface area contributed by atoms with E-state index < -0.39 is 0 Å². The summed E-state index contributed by atoms with van der Waals surface area (Å²) in [4.78, 5) is 0. The van der Waals surface area contributed by atoms with Crippen molar-refractivity contribution in [3.8, 4) is 0 Å². The van der Waals surface area contributed by atoms with Crippen LogP contribution in [-0.2, 0) is 11.2 Å². The number of hydrogen-bond acceptors (Lipinski definition) is 2. The van der Waals surface area contributed by atoms with E-state index in [1.54, 1.807) is 0 Å². The van der Waals surface area contributed by atoms with Crippen LogP contribution < -0.4 is 5.73 Å². The second-order valence-electron chi connectivity index (χ2n) is 5.66. The minimum atomic E-state index is -0.0701. The number of ether oxygens (including phenoxy) is 1. The van der Waals surface area contributed by atoms with E-state index in [0.717, 1.165) is 35.6 Å². The van der Waals surface area contributed by atoms with E-state index in [0.29, 0.717) is 0 Å². The highest BCUT2D eigenvalue weighted by Crippen LogP contribution is 2.34. The van der Waals surface area contributed by atoms with Crippen molar-refractivity contribution >= 4 is 11.6 Å². The van der Waals surface area contributed by atoms with Gasteiger partial charge in [-0.05, 0) is 48.1 Å². The number of nitrogens with two attached hydrogens (primary N) is 1. The van der Waals surface area contributed by atoms with Crippen LogP contribution in [0.3, 0.4) is 0 Å². The number of benzene rings is 2. The van der Waals surface area contributed by atoms with Crippen molar-refractivity contribution in [1.82, 2.24) is 0 Å². The van der Waals surface area contributed by atoms with Gasteiger partial charge in [0.15, 0.2) is 0 Å². The van der Waals surface area contributed by atoms with Crippen molar-refractivity contribution < 1.29 is 4.74 Å². The average molecular weight is 302 g/mol. The van der Waals surface area contributed by atoms with Crippen LogP contribution in [0.5, 0.6) is 0 Å². The fourth-order valence-electron chi connectivity index (χ4n) is 2.88. The summed E-state index contributed by atoms with van der Waals surface area (Å²) in [7, 11) is 0. The Morgan fingerprint density at radius 1 is 1.29 bits per heavy atom. The molecular formula is C18H20ClNO. The van der Waals surface area contributed by atoms with Gasteiger partial charge in [0.1, 0.15) is 0 Å². The zero-order valence-corrected chi connectivity index (χ0v) is 12.9. The molecule has 2 N–H and O–H groups in total. The SMILES string of the molecule is Cc1ccc(C(N)CC2OCCc3ccccc32)cc1Cl. The Balaban J connectivity index is 1.79. The largest absolute Gasteiger partial charge is 0.373 e. The Morgan fingerprint density at radius 2 is 2.10 bits per heavy atom. The molecule has 0 amide bonds. The minimum Gasteiger partial charge on any atom is -0.373 e. The number of aryl methyl sites for hydroxylation is 1. The normalized spacial score (nSPS) is 19.1. The van der Waals surface area contributed by atoms with Crippen LogP contribution in [0.25, 0.3) is 0 Å². The van der Waals surface area contributed by atoms with Crippen LogP contribution >= 0.6 is 11.6 Å². The summed E-state index contributed by atoms with van der Waals surface area (Å²) in [6.07, 6.45) is 1.83. The summed E-state index contributed by atoms with van der Waals surface area (Å²) in [5, 5.41) is 0.771. The zero-order valence-electron chi connectivity index (χ0n) is 12.2. The van der Waals surface area contributed by atoms with E-state index in [1.807, 2.05) is 19.1 Å². The van der Waals surface area contributed by atoms with Crippen molar-refractivity contribution in [2.24, 2.45) is 5.73 Å². The van der Waals surface area contributed by atoms with Crippen LogP contribution in [0.2, 0.25) is 5.02 Å². The first-order chi connectivity index (χ1) is 10.1. The topological polar surface area (TPSA) is 35.2 Å². The van der Waals surface area contributed by atoms with Gasteiger partial charge in [0.25, 0.3) is 0 Å². The highest BCUT2D eigenvalue weighted by Gasteiger charge is 2.23. The van der Waals surface area contributed by atoms with Gasteiger partial charge in [-0.2, -0.15) is 0 Å². The summed E-state index contributed by atoms with van der Waals surface area (Å²) in [5.74, 6) is 0. The van der Waals surface area contributed by atoms with Crippen LogP contribution in [0.1, 0.15) is 40.8 Å². The lowest BCUT2D eigenvalue weighted by Crippen LogP contribution is -2.21. The molecule has 0 aliphatic carbocycles. The number of rotatable bonds is 3. The molecule has 110 valence electrons. The third-order valence-electron chi connectivity index (χ3n) is 4.18. The first-order valence-corrected chi connectivity index (χ1v) is 7.74. The summed E-state index contributed by atoms with van der Waals surface area (Å²) in [6.45, 7) is 2.77. The molecule has 0 fully saturated rings. The second kappa shape index (κ2) is 6.18. The average Bonchev–Trinajstić information content (AvgIpc) is 2.50. The highest BCUT2D eigenvalue weighted by atomic mass is 35.5. The predicted molar refractivity (Wildman–Crippen MR) is 86.6 cm³/mol. The molecule has 0 saturated heterocycles.